The van der Waals surface area contributed by atoms with Gasteiger partial charge in [-0.3, -0.25) is 4.79 Å². The zero-order valence-electron chi connectivity index (χ0n) is 13.0. The summed E-state index contributed by atoms with van der Waals surface area (Å²) < 4.78 is 0. The minimum atomic E-state index is 0.349. The Morgan fingerprint density at radius 1 is 1.09 bits per heavy atom. The van der Waals surface area contributed by atoms with Crippen molar-refractivity contribution in [2.75, 3.05) is 18.0 Å². The van der Waals surface area contributed by atoms with Gasteiger partial charge < -0.3 is 4.90 Å². The van der Waals surface area contributed by atoms with E-state index in [0.29, 0.717) is 18.6 Å². The van der Waals surface area contributed by atoms with E-state index in [1.165, 1.54) is 0 Å². The molecule has 3 rings (SSSR count). The van der Waals surface area contributed by atoms with Crippen molar-refractivity contribution in [2.24, 2.45) is 0 Å². The molecular formula is C18H21N3O. The number of anilines is 1. The fraction of sp³-hybridized carbons (Fsp3) is 0.389. The molecular weight excluding hydrogens is 274 g/mol. The van der Waals surface area contributed by atoms with E-state index in [0.717, 1.165) is 48.8 Å². The van der Waals surface area contributed by atoms with E-state index in [1.807, 2.05) is 30.3 Å². The largest absolute Gasteiger partial charge is 0.356 e. The number of nitrogens with zero attached hydrogens (tertiary/aromatic N) is 3. The average Bonchev–Trinajstić information content (AvgIpc) is 2.56. The van der Waals surface area contributed by atoms with Gasteiger partial charge in [-0.15, -0.1) is 0 Å². The zero-order chi connectivity index (χ0) is 15.4. The number of aryl methyl sites for hydroxylation is 1. The average molecular weight is 295 g/mol. The Morgan fingerprint density at radius 2 is 1.82 bits per heavy atom. The van der Waals surface area contributed by atoms with Gasteiger partial charge in [0.25, 0.3) is 0 Å². The number of carbonyl (C=O) groups excluding carboxylic acids is 1. The second kappa shape index (κ2) is 6.69. The zero-order valence-corrected chi connectivity index (χ0v) is 13.0. The maximum absolute atomic E-state index is 11.4. The van der Waals surface area contributed by atoms with E-state index in [4.69, 9.17) is 9.97 Å². The molecule has 22 heavy (non-hydrogen) atoms. The minimum Gasteiger partial charge on any atom is -0.356 e. The summed E-state index contributed by atoms with van der Waals surface area (Å²) >= 11 is 0. The third kappa shape index (κ3) is 3.32. The third-order valence-corrected chi connectivity index (χ3v) is 3.95. The molecule has 0 radical (unpaired) electrons. The lowest BCUT2D eigenvalue weighted by Gasteiger charge is -2.27. The Kier molecular flexibility index (Phi) is 4.47. The first-order valence-electron chi connectivity index (χ1n) is 7.96. The molecule has 4 nitrogen and oxygen atoms in total. The van der Waals surface area contributed by atoms with Crippen molar-refractivity contribution in [1.29, 1.82) is 0 Å². The molecule has 0 saturated carbocycles. The van der Waals surface area contributed by atoms with E-state index in [1.54, 1.807) is 0 Å². The molecule has 0 aliphatic carbocycles. The molecule has 1 aliphatic heterocycles. The molecule has 0 atom stereocenters. The number of piperidine rings is 1. The lowest BCUT2D eigenvalue weighted by Crippen LogP contribution is -2.34. The predicted molar refractivity (Wildman–Crippen MR) is 87.9 cm³/mol. The summed E-state index contributed by atoms with van der Waals surface area (Å²) in [6.07, 6.45) is 3.24. The number of hydrogen-bond donors (Lipinski definition) is 0. The summed E-state index contributed by atoms with van der Waals surface area (Å²) in [5, 5.41) is 0. The number of rotatable bonds is 4. The molecule has 2 heterocycles. The Morgan fingerprint density at radius 3 is 2.50 bits per heavy atom. The predicted octanol–water partition coefficient (Wildman–Crippen LogP) is 3.27. The molecule has 1 aromatic heterocycles. The van der Waals surface area contributed by atoms with Crippen LogP contribution in [-0.4, -0.2) is 28.8 Å². The topological polar surface area (TPSA) is 46.1 Å². The molecule has 0 spiro atoms. The summed E-state index contributed by atoms with van der Waals surface area (Å²) in [6.45, 7) is 3.68. The molecule has 0 bridgehead atoms. The van der Waals surface area contributed by atoms with Crippen molar-refractivity contribution in [1.82, 2.24) is 9.97 Å². The van der Waals surface area contributed by atoms with Crippen LogP contribution >= 0.6 is 0 Å². The van der Waals surface area contributed by atoms with Crippen LogP contribution < -0.4 is 4.90 Å². The maximum Gasteiger partial charge on any atom is 0.161 e. The van der Waals surface area contributed by atoms with Crippen molar-refractivity contribution in [3.05, 3.63) is 42.1 Å². The molecule has 1 aliphatic rings. The van der Waals surface area contributed by atoms with Crippen molar-refractivity contribution < 1.29 is 4.79 Å². The van der Waals surface area contributed by atoms with Crippen molar-refractivity contribution in [3.8, 4) is 11.4 Å². The van der Waals surface area contributed by atoms with E-state index in [9.17, 15) is 4.79 Å². The summed E-state index contributed by atoms with van der Waals surface area (Å²) in [5.74, 6) is 2.07. The second-order valence-corrected chi connectivity index (χ2v) is 5.68. The Hall–Kier alpha value is -2.23. The van der Waals surface area contributed by atoms with Crippen LogP contribution in [0.25, 0.3) is 11.4 Å². The summed E-state index contributed by atoms with van der Waals surface area (Å²) in [5.41, 5.74) is 2.11. The van der Waals surface area contributed by atoms with Gasteiger partial charge in [0.15, 0.2) is 5.82 Å². The highest BCUT2D eigenvalue weighted by molar-refractivity contribution is 5.80. The highest BCUT2D eigenvalue weighted by Gasteiger charge is 2.19. The van der Waals surface area contributed by atoms with Gasteiger partial charge in [0, 0.05) is 43.3 Å². The van der Waals surface area contributed by atoms with Crippen molar-refractivity contribution >= 4 is 11.6 Å². The fourth-order valence-corrected chi connectivity index (χ4v) is 2.73. The van der Waals surface area contributed by atoms with Gasteiger partial charge >= 0.3 is 0 Å². The van der Waals surface area contributed by atoms with Crippen LogP contribution in [0.1, 0.15) is 31.9 Å². The number of hydrogen-bond acceptors (Lipinski definition) is 4. The van der Waals surface area contributed by atoms with Crippen LogP contribution in [0.5, 0.6) is 0 Å². The second-order valence-electron chi connectivity index (χ2n) is 5.68. The SMILES string of the molecule is CCCc1cc(N2CCC(=O)CC2)nc(-c2ccccc2)n1. The first-order valence-corrected chi connectivity index (χ1v) is 7.96. The van der Waals surface area contributed by atoms with Crippen LogP contribution in [0.2, 0.25) is 0 Å². The lowest BCUT2D eigenvalue weighted by atomic mass is 10.1. The molecule has 1 fully saturated rings. The Labute approximate surface area is 131 Å². The van der Waals surface area contributed by atoms with Crippen LogP contribution in [0.15, 0.2) is 36.4 Å². The normalized spacial score (nSPS) is 15.1. The fourth-order valence-electron chi connectivity index (χ4n) is 2.73. The van der Waals surface area contributed by atoms with Crippen LogP contribution in [0.3, 0.4) is 0 Å². The van der Waals surface area contributed by atoms with Crippen LogP contribution in [0.4, 0.5) is 5.82 Å². The van der Waals surface area contributed by atoms with E-state index >= 15 is 0 Å². The van der Waals surface area contributed by atoms with Crippen LogP contribution in [0, 0.1) is 0 Å². The first-order chi connectivity index (χ1) is 10.8. The first kappa shape index (κ1) is 14.7. The van der Waals surface area contributed by atoms with Gasteiger partial charge in [0.1, 0.15) is 11.6 Å². The molecule has 1 saturated heterocycles. The lowest BCUT2D eigenvalue weighted by molar-refractivity contribution is -0.119. The quantitative estimate of drug-likeness (QED) is 0.868. The Balaban J connectivity index is 1.95. The molecule has 4 heteroatoms. The molecule has 114 valence electrons. The molecule has 1 aromatic carbocycles. The highest BCUT2D eigenvalue weighted by Crippen LogP contribution is 2.22. The van der Waals surface area contributed by atoms with E-state index in [2.05, 4.69) is 17.9 Å². The smallest absolute Gasteiger partial charge is 0.161 e. The molecule has 0 unspecified atom stereocenters. The van der Waals surface area contributed by atoms with Gasteiger partial charge in [0.2, 0.25) is 0 Å². The molecule has 0 N–H and O–H groups in total. The summed E-state index contributed by atoms with van der Waals surface area (Å²) in [4.78, 5) is 23.1. The number of benzene rings is 1. The molecule has 0 amide bonds. The number of ketones is 1. The third-order valence-electron chi connectivity index (χ3n) is 3.95. The highest BCUT2D eigenvalue weighted by atomic mass is 16.1. The van der Waals surface area contributed by atoms with Gasteiger partial charge in [-0.05, 0) is 6.42 Å². The minimum absolute atomic E-state index is 0.349. The van der Waals surface area contributed by atoms with Crippen LogP contribution in [-0.2, 0) is 11.2 Å². The van der Waals surface area contributed by atoms with Gasteiger partial charge in [-0.25, -0.2) is 9.97 Å². The number of carbonyl (C=O) groups is 1. The van der Waals surface area contributed by atoms with Crippen molar-refractivity contribution in [3.63, 3.8) is 0 Å². The number of Topliss-reactive ketones (excluding diaryl/α,β-unsaturated/α-hetero) is 1. The standard InChI is InChI=1S/C18H21N3O/c1-2-6-15-13-17(21-11-9-16(22)10-12-21)20-18(19-15)14-7-4-3-5-8-14/h3-5,7-8,13H,2,6,9-12H2,1H3. The number of aromatic nitrogens is 2. The summed E-state index contributed by atoms with van der Waals surface area (Å²) in [6, 6.07) is 12.2. The van der Waals surface area contributed by atoms with Gasteiger partial charge in [-0.2, -0.15) is 0 Å². The molecule has 2 aromatic rings. The van der Waals surface area contributed by atoms with E-state index < -0.39 is 0 Å². The monoisotopic (exact) mass is 295 g/mol. The Bertz CT molecular complexity index is 645. The maximum atomic E-state index is 11.4. The van der Waals surface area contributed by atoms with E-state index in [-0.39, 0.29) is 0 Å². The van der Waals surface area contributed by atoms with Gasteiger partial charge in [0.05, 0.1) is 0 Å². The van der Waals surface area contributed by atoms with Gasteiger partial charge in [-0.1, -0.05) is 43.7 Å². The van der Waals surface area contributed by atoms with Crippen molar-refractivity contribution in [2.45, 2.75) is 32.6 Å². The summed E-state index contributed by atoms with van der Waals surface area (Å²) in [7, 11) is 0.